The van der Waals surface area contributed by atoms with Gasteiger partial charge in [0.1, 0.15) is 12.2 Å². The van der Waals surface area contributed by atoms with E-state index in [1.807, 2.05) is 0 Å². The Hall–Kier alpha value is -0.820. The average Bonchev–Trinajstić information content (AvgIpc) is 2.27. The summed E-state index contributed by atoms with van der Waals surface area (Å²) in [5.74, 6) is -0.771. The highest BCUT2D eigenvalue weighted by Gasteiger charge is 2.38. The van der Waals surface area contributed by atoms with Crippen molar-refractivity contribution in [3.05, 3.63) is 0 Å². The molecule has 0 radical (unpaired) electrons. The highest BCUT2D eigenvalue weighted by Crippen LogP contribution is 2.23. The van der Waals surface area contributed by atoms with Gasteiger partial charge in [0, 0.05) is 5.75 Å². The summed E-state index contributed by atoms with van der Waals surface area (Å²) in [5.41, 5.74) is 9.86. The third kappa shape index (κ3) is 5.22. The number of nitrogens with zero attached hydrogens (tertiary/aromatic N) is 1. The number of carboxylic acids is 1. The number of aliphatic imine (C=N–C) groups is 1. The van der Waals surface area contributed by atoms with Gasteiger partial charge in [0.05, 0.1) is 17.6 Å². The molecule has 0 aromatic heterocycles. The maximum absolute atomic E-state index is 12.8. The number of carbonyl (C=O) groups is 1. The average molecular weight is 279 g/mol. The van der Waals surface area contributed by atoms with E-state index in [0.717, 1.165) is 0 Å². The van der Waals surface area contributed by atoms with Crippen LogP contribution in [0, 0.1) is 5.92 Å². The number of aliphatic carboxylic acids is 1. The van der Waals surface area contributed by atoms with Crippen molar-refractivity contribution < 1.29 is 14.3 Å². The molecule has 0 spiro atoms. The molecule has 0 aromatic rings. The molecule has 0 aliphatic rings. The fourth-order valence-electron chi connectivity index (χ4n) is 1.12. The van der Waals surface area contributed by atoms with E-state index in [1.165, 1.54) is 11.8 Å². The number of amidine groups is 1. The number of thioether (sulfide) groups is 1. The van der Waals surface area contributed by atoms with Crippen molar-refractivity contribution in [1.82, 2.24) is 0 Å². The normalized spacial score (nSPS) is 17.6. The van der Waals surface area contributed by atoms with Crippen molar-refractivity contribution in [2.24, 2.45) is 22.4 Å². The Kier molecular flexibility index (Phi) is 7.23. The smallest absolute Gasteiger partial charge is 0.324 e. The molecule has 0 aromatic carbocycles. The van der Waals surface area contributed by atoms with E-state index in [0.29, 0.717) is 5.84 Å². The van der Waals surface area contributed by atoms with Crippen LogP contribution in [0.2, 0.25) is 0 Å². The second-order valence-electron chi connectivity index (χ2n) is 4.57. The van der Waals surface area contributed by atoms with Gasteiger partial charge in [-0.1, -0.05) is 13.8 Å². The Morgan fingerprint density at radius 1 is 1.56 bits per heavy atom. The monoisotopic (exact) mass is 279 g/mol. The number of rotatable bonds is 8. The number of nitrogens with two attached hydrogens (primary N) is 2. The number of hydrogen-bond donors (Lipinski definition) is 3. The van der Waals surface area contributed by atoms with Crippen LogP contribution in [0.5, 0.6) is 0 Å². The van der Waals surface area contributed by atoms with Crippen LogP contribution in [0.3, 0.4) is 0 Å². The van der Waals surface area contributed by atoms with Crippen LogP contribution in [0.25, 0.3) is 0 Å². The quantitative estimate of drug-likeness (QED) is 0.452. The molecule has 0 aliphatic heterocycles. The molecule has 106 valence electrons. The summed E-state index contributed by atoms with van der Waals surface area (Å²) in [4.78, 5) is 15.1. The highest BCUT2D eigenvalue weighted by molar-refractivity contribution is 8.00. The molecular formula is C11H22FN3O2S. The third-order valence-electron chi connectivity index (χ3n) is 2.70. The molecule has 0 heterocycles. The van der Waals surface area contributed by atoms with E-state index in [1.54, 1.807) is 20.8 Å². The fraction of sp³-hybridized carbons (Fsp3) is 0.818. The second-order valence-corrected chi connectivity index (χ2v) is 5.86. The number of alkyl halides is 1. The van der Waals surface area contributed by atoms with E-state index >= 15 is 0 Å². The Labute approximate surface area is 111 Å². The molecule has 0 aliphatic carbocycles. The van der Waals surface area contributed by atoms with Gasteiger partial charge in [0.25, 0.3) is 0 Å². The molecule has 7 heteroatoms. The fourth-order valence-corrected chi connectivity index (χ4v) is 2.36. The first-order valence-corrected chi connectivity index (χ1v) is 6.75. The third-order valence-corrected chi connectivity index (χ3v) is 4.09. The summed E-state index contributed by atoms with van der Waals surface area (Å²) in [5, 5.41) is 8.71. The maximum atomic E-state index is 12.8. The molecule has 2 atom stereocenters. The van der Waals surface area contributed by atoms with Crippen molar-refractivity contribution in [3.63, 3.8) is 0 Å². The largest absolute Gasteiger partial charge is 0.480 e. The molecule has 0 saturated heterocycles. The maximum Gasteiger partial charge on any atom is 0.324 e. The van der Waals surface area contributed by atoms with Crippen LogP contribution in [0.1, 0.15) is 20.8 Å². The van der Waals surface area contributed by atoms with Gasteiger partial charge in [-0.05, 0) is 12.8 Å². The lowest BCUT2D eigenvalue weighted by Gasteiger charge is -2.29. The number of carboxylic acid groups (broad SMARTS) is 1. The van der Waals surface area contributed by atoms with Crippen molar-refractivity contribution in [3.8, 4) is 0 Å². The van der Waals surface area contributed by atoms with Gasteiger partial charge in [-0.25, -0.2) is 4.39 Å². The zero-order valence-electron chi connectivity index (χ0n) is 11.0. The minimum Gasteiger partial charge on any atom is -0.480 e. The Morgan fingerprint density at radius 3 is 2.44 bits per heavy atom. The molecule has 0 rings (SSSR count). The van der Waals surface area contributed by atoms with Gasteiger partial charge in [-0.3, -0.25) is 9.79 Å². The standard InChI is InChI=1S/C11H22FN3O2S/c1-7(2)11(14,10(16)17)6-18-9(4-12)5-15-8(3)13/h7,9H,4-6,14H2,1-3H3,(H2,13,15)(H,16,17)/t9-,11+/m1/s1. The Balaban J connectivity index is 4.50. The highest BCUT2D eigenvalue weighted by atomic mass is 32.2. The van der Waals surface area contributed by atoms with Crippen LogP contribution in [-0.4, -0.2) is 46.7 Å². The summed E-state index contributed by atoms with van der Waals surface area (Å²) < 4.78 is 12.8. The second kappa shape index (κ2) is 7.58. The lowest BCUT2D eigenvalue weighted by atomic mass is 9.90. The Morgan fingerprint density at radius 2 is 2.11 bits per heavy atom. The molecular weight excluding hydrogens is 257 g/mol. The van der Waals surface area contributed by atoms with Crippen molar-refractivity contribution >= 4 is 23.6 Å². The first kappa shape index (κ1) is 17.2. The number of hydrogen-bond acceptors (Lipinski definition) is 4. The zero-order chi connectivity index (χ0) is 14.3. The van der Waals surface area contributed by atoms with E-state index < -0.39 is 23.4 Å². The molecule has 0 saturated carbocycles. The SMILES string of the molecule is CC(N)=NC[C@@H](CF)SC[C@@](N)(C(=O)O)C(C)C. The van der Waals surface area contributed by atoms with E-state index in [4.69, 9.17) is 16.6 Å². The minimum absolute atomic E-state index is 0.147. The molecule has 5 nitrogen and oxygen atoms in total. The lowest BCUT2D eigenvalue weighted by molar-refractivity contribution is -0.144. The van der Waals surface area contributed by atoms with Crippen molar-refractivity contribution in [2.75, 3.05) is 19.0 Å². The van der Waals surface area contributed by atoms with Crippen LogP contribution in [-0.2, 0) is 4.79 Å². The topological polar surface area (TPSA) is 102 Å². The summed E-state index contributed by atoms with van der Waals surface area (Å²) in [6, 6.07) is 0. The first-order chi connectivity index (χ1) is 8.24. The first-order valence-electron chi connectivity index (χ1n) is 5.70. The predicted molar refractivity (Wildman–Crippen MR) is 73.8 cm³/mol. The van der Waals surface area contributed by atoms with Gasteiger partial charge in [-0.15, -0.1) is 0 Å². The van der Waals surface area contributed by atoms with Gasteiger partial charge in [0.15, 0.2) is 0 Å². The summed E-state index contributed by atoms with van der Waals surface area (Å²) in [7, 11) is 0. The van der Waals surface area contributed by atoms with Crippen LogP contribution in [0.4, 0.5) is 4.39 Å². The summed E-state index contributed by atoms with van der Waals surface area (Å²) in [6.45, 7) is 4.74. The van der Waals surface area contributed by atoms with Gasteiger partial charge in [0.2, 0.25) is 0 Å². The zero-order valence-corrected chi connectivity index (χ0v) is 11.8. The van der Waals surface area contributed by atoms with E-state index in [9.17, 15) is 9.18 Å². The lowest BCUT2D eigenvalue weighted by Crippen LogP contribution is -2.55. The molecule has 0 unspecified atom stereocenters. The molecule has 0 fully saturated rings. The predicted octanol–water partition coefficient (Wildman–Crippen LogP) is 0.873. The van der Waals surface area contributed by atoms with Crippen molar-refractivity contribution in [1.29, 1.82) is 0 Å². The van der Waals surface area contributed by atoms with Crippen molar-refractivity contribution in [2.45, 2.75) is 31.6 Å². The molecule has 0 amide bonds. The summed E-state index contributed by atoms with van der Waals surface area (Å²) in [6.07, 6.45) is 0. The van der Waals surface area contributed by atoms with Crippen LogP contribution in [0.15, 0.2) is 4.99 Å². The molecule has 0 bridgehead atoms. The van der Waals surface area contributed by atoms with Gasteiger partial charge in [-0.2, -0.15) is 11.8 Å². The van der Waals surface area contributed by atoms with Crippen LogP contribution < -0.4 is 11.5 Å². The minimum atomic E-state index is -1.35. The summed E-state index contributed by atoms with van der Waals surface area (Å²) >= 11 is 1.18. The van der Waals surface area contributed by atoms with Crippen LogP contribution >= 0.6 is 11.8 Å². The molecule has 5 N–H and O–H groups in total. The van der Waals surface area contributed by atoms with Gasteiger partial charge < -0.3 is 16.6 Å². The molecule has 18 heavy (non-hydrogen) atoms. The van der Waals surface area contributed by atoms with E-state index in [-0.39, 0.29) is 18.2 Å². The Bertz CT molecular complexity index is 309. The van der Waals surface area contributed by atoms with E-state index in [2.05, 4.69) is 4.99 Å². The van der Waals surface area contributed by atoms with Gasteiger partial charge >= 0.3 is 5.97 Å². The number of halogens is 1.